The molecular weight excluding hydrogens is 328 g/mol. The minimum absolute atomic E-state index is 0.269. The van der Waals surface area contributed by atoms with Gasteiger partial charge in [-0.05, 0) is 42.8 Å². The molecule has 3 aromatic rings. The number of rotatable bonds is 3. The van der Waals surface area contributed by atoms with Crippen molar-refractivity contribution in [2.75, 3.05) is 5.32 Å². The third kappa shape index (κ3) is 2.76. The molecule has 1 aliphatic heterocycles. The molecule has 26 heavy (non-hydrogen) atoms. The summed E-state index contributed by atoms with van der Waals surface area (Å²) in [5, 5.41) is 11.8. The molecule has 1 N–H and O–H groups in total. The van der Waals surface area contributed by atoms with Crippen molar-refractivity contribution >= 4 is 17.3 Å². The predicted octanol–water partition coefficient (Wildman–Crippen LogP) is 3.46. The van der Waals surface area contributed by atoms with E-state index in [0.717, 1.165) is 22.4 Å². The van der Waals surface area contributed by atoms with Crippen LogP contribution in [0.4, 0.5) is 5.69 Å². The summed E-state index contributed by atoms with van der Waals surface area (Å²) in [5.41, 5.74) is 5.78. The van der Waals surface area contributed by atoms with Crippen LogP contribution in [0.2, 0.25) is 0 Å². The van der Waals surface area contributed by atoms with Crippen molar-refractivity contribution in [1.29, 1.82) is 5.26 Å². The van der Waals surface area contributed by atoms with Gasteiger partial charge in [0.2, 0.25) is 0 Å². The number of carbonyl (C=O) groups excluding carboxylic acids is 1. The number of aromatic nitrogens is 1. The normalized spacial score (nSPS) is 12.2. The summed E-state index contributed by atoms with van der Waals surface area (Å²) in [6, 6.07) is 12.8. The topological polar surface area (TPSA) is 91.3 Å². The van der Waals surface area contributed by atoms with E-state index in [-0.39, 0.29) is 11.6 Å². The molecule has 126 valence electrons. The zero-order valence-corrected chi connectivity index (χ0v) is 14.0. The Morgan fingerprint density at radius 2 is 2.15 bits per heavy atom. The second-order valence-corrected chi connectivity index (χ2v) is 5.94. The largest absolute Gasteiger partial charge is 0.472 e. The zero-order valence-electron chi connectivity index (χ0n) is 14.0. The predicted molar refractivity (Wildman–Crippen MR) is 96.1 cm³/mol. The fourth-order valence-corrected chi connectivity index (χ4v) is 2.91. The number of benzene rings is 1. The SMILES string of the molecule is Cc1nc(C(=O)Nc2ccc3c(c2)C(c2ccoc2)=NC3)ccc1C#N. The molecule has 0 unspecified atom stereocenters. The van der Waals surface area contributed by atoms with Gasteiger partial charge in [-0.1, -0.05) is 6.07 Å². The lowest BCUT2D eigenvalue weighted by atomic mass is 10.0. The molecule has 6 heteroatoms. The van der Waals surface area contributed by atoms with Gasteiger partial charge in [-0.2, -0.15) is 5.26 Å². The smallest absolute Gasteiger partial charge is 0.274 e. The minimum Gasteiger partial charge on any atom is -0.472 e. The highest BCUT2D eigenvalue weighted by atomic mass is 16.3. The lowest BCUT2D eigenvalue weighted by molar-refractivity contribution is 0.102. The number of nitrogens with zero attached hydrogens (tertiary/aromatic N) is 3. The highest BCUT2D eigenvalue weighted by molar-refractivity contribution is 6.15. The van der Waals surface area contributed by atoms with Crippen molar-refractivity contribution in [2.45, 2.75) is 13.5 Å². The Labute approximate surface area is 149 Å². The van der Waals surface area contributed by atoms with Gasteiger partial charge >= 0.3 is 0 Å². The first-order valence-corrected chi connectivity index (χ1v) is 8.05. The first kappa shape index (κ1) is 15.8. The molecule has 1 aliphatic rings. The van der Waals surface area contributed by atoms with Crippen molar-refractivity contribution in [3.8, 4) is 6.07 Å². The fraction of sp³-hybridized carbons (Fsp3) is 0.100. The Balaban J connectivity index is 1.59. The molecular formula is C20H14N4O2. The van der Waals surface area contributed by atoms with Crippen LogP contribution in [0.3, 0.4) is 0 Å². The number of amides is 1. The number of anilines is 1. The Morgan fingerprint density at radius 1 is 1.27 bits per heavy atom. The van der Waals surface area contributed by atoms with E-state index >= 15 is 0 Å². The van der Waals surface area contributed by atoms with Gasteiger partial charge in [0.1, 0.15) is 11.8 Å². The summed E-state index contributed by atoms with van der Waals surface area (Å²) in [6.07, 6.45) is 3.27. The van der Waals surface area contributed by atoms with Gasteiger partial charge in [0.15, 0.2) is 0 Å². The van der Waals surface area contributed by atoms with Gasteiger partial charge in [-0.15, -0.1) is 0 Å². The Kier molecular flexibility index (Phi) is 3.82. The molecule has 0 bridgehead atoms. The van der Waals surface area contributed by atoms with Crippen LogP contribution >= 0.6 is 0 Å². The van der Waals surface area contributed by atoms with Gasteiger partial charge in [0, 0.05) is 16.8 Å². The maximum atomic E-state index is 12.5. The lowest BCUT2D eigenvalue weighted by Gasteiger charge is -2.09. The first-order chi connectivity index (χ1) is 12.7. The van der Waals surface area contributed by atoms with Crippen molar-refractivity contribution in [1.82, 2.24) is 4.98 Å². The third-order valence-electron chi connectivity index (χ3n) is 4.26. The first-order valence-electron chi connectivity index (χ1n) is 8.05. The van der Waals surface area contributed by atoms with Gasteiger partial charge in [-0.25, -0.2) is 4.98 Å². The molecule has 0 saturated heterocycles. The van der Waals surface area contributed by atoms with E-state index in [0.29, 0.717) is 23.5 Å². The Bertz CT molecular complexity index is 1080. The van der Waals surface area contributed by atoms with E-state index in [4.69, 9.17) is 9.68 Å². The number of hydrogen-bond acceptors (Lipinski definition) is 5. The maximum absolute atomic E-state index is 12.5. The molecule has 6 nitrogen and oxygen atoms in total. The van der Waals surface area contributed by atoms with Crippen LogP contribution in [0.25, 0.3) is 0 Å². The van der Waals surface area contributed by atoms with Crippen LogP contribution in [0.1, 0.15) is 38.4 Å². The van der Waals surface area contributed by atoms with Crippen molar-refractivity contribution in [3.63, 3.8) is 0 Å². The molecule has 1 amide bonds. The highest BCUT2D eigenvalue weighted by Gasteiger charge is 2.19. The lowest BCUT2D eigenvalue weighted by Crippen LogP contribution is -2.15. The van der Waals surface area contributed by atoms with Gasteiger partial charge in [0.05, 0.1) is 36.0 Å². The molecule has 2 aromatic heterocycles. The molecule has 0 atom stereocenters. The molecule has 0 aliphatic carbocycles. The van der Waals surface area contributed by atoms with Crippen LogP contribution in [0.15, 0.2) is 58.3 Å². The zero-order chi connectivity index (χ0) is 18.1. The Morgan fingerprint density at radius 3 is 2.88 bits per heavy atom. The van der Waals surface area contributed by atoms with Crippen molar-refractivity contribution in [3.05, 3.63) is 82.6 Å². The average molecular weight is 342 g/mol. The number of nitrogens with one attached hydrogen (secondary N) is 1. The molecule has 0 spiro atoms. The molecule has 3 heterocycles. The molecule has 0 fully saturated rings. The molecule has 0 saturated carbocycles. The van der Waals surface area contributed by atoms with E-state index in [1.807, 2.05) is 30.3 Å². The van der Waals surface area contributed by atoms with Crippen LogP contribution in [0.5, 0.6) is 0 Å². The van der Waals surface area contributed by atoms with Crippen molar-refractivity contribution in [2.24, 2.45) is 4.99 Å². The monoisotopic (exact) mass is 342 g/mol. The quantitative estimate of drug-likeness (QED) is 0.789. The summed E-state index contributed by atoms with van der Waals surface area (Å²) >= 11 is 0. The Hall–Kier alpha value is -3.72. The number of furan rings is 1. The summed E-state index contributed by atoms with van der Waals surface area (Å²) in [5.74, 6) is -0.322. The van der Waals surface area contributed by atoms with E-state index in [2.05, 4.69) is 15.3 Å². The van der Waals surface area contributed by atoms with Gasteiger partial charge in [-0.3, -0.25) is 9.79 Å². The van der Waals surface area contributed by atoms with E-state index in [9.17, 15) is 4.79 Å². The number of aliphatic imine (C=N–C) groups is 1. The van der Waals surface area contributed by atoms with Gasteiger partial charge in [0.25, 0.3) is 5.91 Å². The van der Waals surface area contributed by atoms with E-state index in [1.165, 1.54) is 0 Å². The fourth-order valence-electron chi connectivity index (χ4n) is 2.91. The molecule has 1 aromatic carbocycles. The number of nitriles is 1. The number of pyridine rings is 1. The number of fused-ring (bicyclic) bond motifs is 1. The number of aryl methyl sites for hydroxylation is 1. The minimum atomic E-state index is -0.322. The number of carbonyl (C=O) groups is 1. The van der Waals surface area contributed by atoms with Crippen LogP contribution in [-0.2, 0) is 6.54 Å². The second kappa shape index (κ2) is 6.30. The summed E-state index contributed by atoms with van der Waals surface area (Å²) in [4.78, 5) is 21.2. The summed E-state index contributed by atoms with van der Waals surface area (Å²) < 4.78 is 5.14. The number of hydrogen-bond donors (Lipinski definition) is 1. The third-order valence-corrected chi connectivity index (χ3v) is 4.26. The molecule has 0 radical (unpaired) electrons. The molecule has 4 rings (SSSR count). The van der Waals surface area contributed by atoms with E-state index in [1.54, 1.807) is 31.6 Å². The van der Waals surface area contributed by atoms with Crippen LogP contribution in [0, 0.1) is 18.3 Å². The highest BCUT2D eigenvalue weighted by Crippen LogP contribution is 2.26. The standard InChI is InChI=1S/C20H14N4O2/c1-12-13(9-21)3-5-18(23-12)20(25)24-16-4-2-14-10-22-19(17(14)8-16)15-6-7-26-11-15/h2-8,11H,10H2,1H3,(H,24,25). The summed E-state index contributed by atoms with van der Waals surface area (Å²) in [6.45, 7) is 2.32. The van der Waals surface area contributed by atoms with Gasteiger partial charge < -0.3 is 9.73 Å². The maximum Gasteiger partial charge on any atom is 0.274 e. The summed E-state index contributed by atoms with van der Waals surface area (Å²) in [7, 11) is 0. The van der Waals surface area contributed by atoms with Crippen molar-refractivity contribution < 1.29 is 9.21 Å². The van der Waals surface area contributed by atoms with Crippen LogP contribution < -0.4 is 5.32 Å². The average Bonchev–Trinajstić information content (AvgIpc) is 3.30. The van der Waals surface area contributed by atoms with Crippen LogP contribution in [-0.4, -0.2) is 16.6 Å². The van der Waals surface area contributed by atoms with E-state index < -0.39 is 0 Å². The second-order valence-electron chi connectivity index (χ2n) is 5.94.